The van der Waals surface area contributed by atoms with Gasteiger partial charge in [-0.2, -0.15) is 0 Å². The third-order valence-corrected chi connectivity index (χ3v) is 3.43. The van der Waals surface area contributed by atoms with Gasteiger partial charge in [-0.05, 0) is 35.4 Å². The highest BCUT2D eigenvalue weighted by molar-refractivity contribution is 7.99. The molecule has 2 rings (SSSR count). The molecule has 0 aromatic heterocycles. The summed E-state index contributed by atoms with van der Waals surface area (Å²) in [5.74, 6) is -2.43. The van der Waals surface area contributed by atoms with Crippen molar-refractivity contribution in [1.29, 1.82) is 0 Å². The fraction of sp³-hybridized carbons (Fsp3) is 0.364. The molecule has 0 bridgehead atoms. The number of nitrogens with zero attached hydrogens (tertiary/aromatic N) is 2. The van der Waals surface area contributed by atoms with E-state index in [4.69, 9.17) is 0 Å². The zero-order valence-electron chi connectivity index (χ0n) is 18.6. The average Bonchev–Trinajstić information content (AvgIpc) is 2.52. The summed E-state index contributed by atoms with van der Waals surface area (Å²) in [5, 5.41) is 21.2. The number of aromatic carboxylic acids is 2. The predicted octanol–water partition coefficient (Wildman–Crippen LogP) is 1.21. The van der Waals surface area contributed by atoms with Crippen molar-refractivity contribution >= 4 is 23.7 Å². The Morgan fingerprint density at radius 3 is 0.966 bits per heavy atom. The van der Waals surface area contributed by atoms with Gasteiger partial charge in [0.25, 0.3) is 0 Å². The minimum atomic E-state index is -1.21. The van der Waals surface area contributed by atoms with Gasteiger partial charge in [0.05, 0.1) is 68.3 Å². The summed E-state index contributed by atoms with van der Waals surface area (Å²) in [7, 11) is 17.0. The van der Waals surface area contributed by atoms with Gasteiger partial charge < -0.3 is 28.8 Å². The van der Waals surface area contributed by atoms with Crippen molar-refractivity contribution in [2.45, 2.75) is 9.79 Å². The number of carbonyl (C=O) groups is 2. The van der Waals surface area contributed by atoms with Crippen LogP contribution in [0.3, 0.4) is 0 Å². The highest BCUT2D eigenvalue weighted by Crippen LogP contribution is 2.27. The molecule has 0 spiro atoms. The Labute approximate surface area is 178 Å². The highest BCUT2D eigenvalue weighted by Gasteiger charge is 2.00. The van der Waals surface area contributed by atoms with E-state index in [0.717, 1.165) is 18.8 Å². The minimum absolute atomic E-state index is 0.122. The SMILES string of the molecule is C[N+](C)(C)C.C[N+](C)(C)C.O=C([O-])c1ccc(Sc2ccc(C(=O)[O-])cc2)cc1. The molecule has 160 valence electrons. The third-order valence-electron chi connectivity index (χ3n) is 2.42. The van der Waals surface area contributed by atoms with Crippen molar-refractivity contribution < 1.29 is 28.8 Å². The van der Waals surface area contributed by atoms with Crippen LogP contribution in [0.4, 0.5) is 0 Å². The maximum absolute atomic E-state index is 10.6. The van der Waals surface area contributed by atoms with E-state index >= 15 is 0 Å². The molecule has 6 nitrogen and oxygen atoms in total. The summed E-state index contributed by atoms with van der Waals surface area (Å²) in [6.07, 6.45) is 0. The van der Waals surface area contributed by atoms with E-state index in [2.05, 4.69) is 56.4 Å². The molecule has 0 aliphatic carbocycles. The van der Waals surface area contributed by atoms with Crippen LogP contribution in [-0.4, -0.2) is 77.3 Å². The molecule has 0 aliphatic rings. The molecule has 0 fully saturated rings. The Morgan fingerprint density at radius 2 is 0.793 bits per heavy atom. The van der Waals surface area contributed by atoms with Gasteiger partial charge in [0.15, 0.2) is 0 Å². The fourth-order valence-electron chi connectivity index (χ4n) is 1.45. The van der Waals surface area contributed by atoms with Crippen LogP contribution in [-0.2, 0) is 0 Å². The molecule has 0 saturated carbocycles. The van der Waals surface area contributed by atoms with Crippen molar-refractivity contribution in [3.05, 3.63) is 59.7 Å². The van der Waals surface area contributed by atoms with E-state index < -0.39 is 11.9 Å². The number of hydrogen-bond acceptors (Lipinski definition) is 5. The Bertz CT molecular complexity index is 695. The number of carboxylic acids is 2. The summed E-state index contributed by atoms with van der Waals surface area (Å²) < 4.78 is 2.00. The Morgan fingerprint density at radius 1 is 0.586 bits per heavy atom. The molecule has 0 amide bonds. The number of benzene rings is 2. The van der Waals surface area contributed by atoms with Crippen molar-refractivity contribution in [2.24, 2.45) is 0 Å². The first-order valence-corrected chi connectivity index (χ1v) is 9.76. The van der Waals surface area contributed by atoms with Crippen LogP contribution < -0.4 is 10.2 Å². The second-order valence-electron chi connectivity index (χ2n) is 9.09. The number of carboxylic acid groups (broad SMARTS) is 2. The molecule has 0 atom stereocenters. The summed E-state index contributed by atoms with van der Waals surface area (Å²) in [6, 6.07) is 12.5. The van der Waals surface area contributed by atoms with Crippen molar-refractivity contribution in [3.63, 3.8) is 0 Å². The minimum Gasteiger partial charge on any atom is -0.545 e. The Kier molecular flexibility index (Phi) is 10.7. The molecule has 2 aromatic carbocycles. The van der Waals surface area contributed by atoms with Crippen LogP contribution in [0.5, 0.6) is 0 Å². The molecule has 29 heavy (non-hydrogen) atoms. The number of rotatable bonds is 4. The number of hydrogen-bond donors (Lipinski definition) is 0. The zero-order chi connectivity index (χ0) is 22.8. The maximum atomic E-state index is 10.6. The summed E-state index contributed by atoms with van der Waals surface area (Å²) in [4.78, 5) is 22.9. The molecular weight excluding hydrogens is 388 g/mol. The number of quaternary nitrogens is 2. The molecule has 7 heteroatoms. The molecule has 0 unspecified atom stereocenters. The van der Waals surface area contributed by atoms with Gasteiger partial charge in [0.2, 0.25) is 0 Å². The first kappa shape index (κ1) is 26.6. The zero-order valence-corrected chi connectivity index (χ0v) is 19.4. The monoisotopic (exact) mass is 420 g/mol. The van der Waals surface area contributed by atoms with Gasteiger partial charge in [0, 0.05) is 9.79 Å². The molecule has 0 saturated heterocycles. The van der Waals surface area contributed by atoms with Gasteiger partial charge >= 0.3 is 0 Å². The van der Waals surface area contributed by atoms with Gasteiger partial charge in [-0.25, -0.2) is 0 Å². The van der Waals surface area contributed by atoms with Crippen LogP contribution in [0.25, 0.3) is 0 Å². The van der Waals surface area contributed by atoms with Gasteiger partial charge in [-0.15, -0.1) is 0 Å². The molecule has 0 N–H and O–H groups in total. The molecule has 0 radical (unpaired) electrons. The lowest BCUT2D eigenvalue weighted by atomic mass is 10.2. The van der Waals surface area contributed by atoms with E-state index in [1.165, 1.54) is 36.0 Å². The van der Waals surface area contributed by atoms with Crippen LogP contribution >= 0.6 is 11.8 Å². The first-order valence-electron chi connectivity index (χ1n) is 8.95. The summed E-state index contributed by atoms with van der Waals surface area (Å²) >= 11 is 1.40. The van der Waals surface area contributed by atoms with Crippen LogP contribution in [0.2, 0.25) is 0 Å². The number of carbonyl (C=O) groups excluding carboxylic acids is 2. The standard InChI is InChI=1S/C14H10O4S.2C4H12N/c15-13(16)9-1-5-11(6-2-9)19-12-7-3-10(4-8-12)14(17)18;2*1-5(2,3)4/h1-8H,(H,15,16)(H,17,18);2*1-4H3/q;2*+1/p-2. The highest BCUT2D eigenvalue weighted by atomic mass is 32.2. The molecular formula is C22H32N2O4S. The van der Waals surface area contributed by atoms with E-state index in [1.807, 2.05) is 0 Å². The topological polar surface area (TPSA) is 80.3 Å². The predicted molar refractivity (Wildman–Crippen MR) is 114 cm³/mol. The lowest BCUT2D eigenvalue weighted by Crippen LogP contribution is -2.27. The summed E-state index contributed by atoms with van der Waals surface area (Å²) in [5.41, 5.74) is 0.244. The molecule has 0 aliphatic heterocycles. The normalized spacial score (nSPS) is 10.8. The smallest absolute Gasteiger partial charge is 0.0715 e. The molecule has 0 heterocycles. The van der Waals surface area contributed by atoms with E-state index in [-0.39, 0.29) is 11.1 Å². The first-order chi connectivity index (χ1) is 13.1. The van der Waals surface area contributed by atoms with E-state index in [0.29, 0.717) is 0 Å². The van der Waals surface area contributed by atoms with Crippen molar-refractivity contribution in [3.8, 4) is 0 Å². The van der Waals surface area contributed by atoms with Gasteiger partial charge in [-0.1, -0.05) is 36.0 Å². The largest absolute Gasteiger partial charge is 0.545 e. The Balaban J connectivity index is 0.000000653. The van der Waals surface area contributed by atoms with E-state index in [1.54, 1.807) is 24.3 Å². The average molecular weight is 421 g/mol. The summed E-state index contributed by atoms with van der Waals surface area (Å²) in [6.45, 7) is 0. The van der Waals surface area contributed by atoms with Crippen LogP contribution in [0.1, 0.15) is 20.7 Å². The van der Waals surface area contributed by atoms with Crippen molar-refractivity contribution in [1.82, 2.24) is 0 Å². The van der Waals surface area contributed by atoms with Gasteiger partial charge in [0.1, 0.15) is 0 Å². The molecule has 2 aromatic rings. The second kappa shape index (κ2) is 11.6. The third kappa shape index (κ3) is 16.3. The van der Waals surface area contributed by atoms with E-state index in [9.17, 15) is 19.8 Å². The van der Waals surface area contributed by atoms with Gasteiger partial charge in [-0.3, -0.25) is 0 Å². The maximum Gasteiger partial charge on any atom is 0.0715 e. The lowest BCUT2D eigenvalue weighted by Gasteiger charge is -2.14. The van der Waals surface area contributed by atoms with Crippen LogP contribution in [0.15, 0.2) is 58.3 Å². The van der Waals surface area contributed by atoms with Crippen molar-refractivity contribution in [2.75, 3.05) is 56.4 Å². The van der Waals surface area contributed by atoms with Crippen LogP contribution in [0, 0.1) is 0 Å². The quantitative estimate of drug-likeness (QED) is 0.695. The fourth-order valence-corrected chi connectivity index (χ4v) is 2.27. The lowest BCUT2D eigenvalue weighted by molar-refractivity contribution is -0.849. The Hall–Kier alpha value is -2.35. The second-order valence-corrected chi connectivity index (χ2v) is 10.2.